The van der Waals surface area contributed by atoms with Gasteiger partial charge in [0.15, 0.2) is 0 Å². The van der Waals surface area contributed by atoms with Gasteiger partial charge in [-0.1, -0.05) is 30.3 Å². The van der Waals surface area contributed by atoms with Gasteiger partial charge in [0, 0.05) is 7.05 Å². The first-order chi connectivity index (χ1) is 10.4. The van der Waals surface area contributed by atoms with E-state index in [1.54, 1.807) is 18.9 Å². The summed E-state index contributed by atoms with van der Waals surface area (Å²) in [5.41, 5.74) is 1.08. The molecule has 0 bridgehead atoms. The van der Waals surface area contributed by atoms with Gasteiger partial charge in [0.25, 0.3) is 0 Å². The lowest BCUT2D eigenvalue weighted by molar-refractivity contribution is -0.131. The van der Waals surface area contributed by atoms with Gasteiger partial charge in [-0.05, 0) is 25.5 Å². The van der Waals surface area contributed by atoms with Crippen LogP contribution in [0.15, 0.2) is 40.8 Å². The number of hydrogen-bond acceptors (Lipinski definition) is 3. The highest BCUT2D eigenvalue weighted by Crippen LogP contribution is 2.20. The van der Waals surface area contributed by atoms with Crippen LogP contribution in [0.25, 0.3) is 0 Å². The maximum absolute atomic E-state index is 12.4. The molecule has 116 valence electrons. The van der Waals surface area contributed by atoms with Crippen molar-refractivity contribution in [1.82, 2.24) is 4.90 Å². The van der Waals surface area contributed by atoms with Crippen molar-refractivity contribution in [3.8, 4) is 0 Å². The average molecular weight is 301 g/mol. The molecule has 5 heteroatoms. The number of benzene rings is 1. The Bertz CT molecular complexity index is 675. The van der Waals surface area contributed by atoms with E-state index in [0.717, 1.165) is 5.56 Å². The molecule has 2 aromatic rings. The minimum atomic E-state index is -1.03. The third kappa shape index (κ3) is 3.36. The van der Waals surface area contributed by atoms with Crippen LogP contribution >= 0.6 is 0 Å². The minimum absolute atomic E-state index is 0.0443. The Kier molecular flexibility index (Phi) is 4.65. The first kappa shape index (κ1) is 15.8. The van der Waals surface area contributed by atoms with Gasteiger partial charge in [0.05, 0.1) is 12.5 Å². The molecular weight excluding hydrogens is 282 g/mol. The van der Waals surface area contributed by atoms with E-state index in [1.165, 1.54) is 6.07 Å². The van der Waals surface area contributed by atoms with E-state index in [9.17, 15) is 9.59 Å². The number of rotatable bonds is 5. The summed E-state index contributed by atoms with van der Waals surface area (Å²) in [5.74, 6) is -0.525. The summed E-state index contributed by atoms with van der Waals surface area (Å²) in [7, 11) is 1.68. The summed E-state index contributed by atoms with van der Waals surface area (Å²) in [6.45, 7) is 3.69. The summed E-state index contributed by atoms with van der Waals surface area (Å²) in [6, 6.07) is 11.0. The second-order valence-corrected chi connectivity index (χ2v) is 5.31. The van der Waals surface area contributed by atoms with Crippen LogP contribution in [0.5, 0.6) is 0 Å². The summed E-state index contributed by atoms with van der Waals surface area (Å²) in [4.78, 5) is 25.0. The van der Waals surface area contributed by atoms with Crippen molar-refractivity contribution >= 4 is 11.9 Å². The first-order valence-electron chi connectivity index (χ1n) is 7.02. The third-order valence-electron chi connectivity index (χ3n) is 3.64. The van der Waals surface area contributed by atoms with Crippen molar-refractivity contribution < 1.29 is 19.1 Å². The molecule has 0 unspecified atom stereocenters. The molecule has 1 aromatic carbocycles. The van der Waals surface area contributed by atoms with Crippen molar-refractivity contribution in [2.45, 2.75) is 26.3 Å². The molecule has 1 heterocycles. The normalized spacial score (nSPS) is 12.0. The van der Waals surface area contributed by atoms with Gasteiger partial charge in [-0.3, -0.25) is 4.79 Å². The minimum Gasteiger partial charge on any atom is -0.478 e. The second kappa shape index (κ2) is 6.47. The fourth-order valence-corrected chi connectivity index (χ4v) is 2.36. The zero-order valence-electron chi connectivity index (χ0n) is 12.9. The smallest absolute Gasteiger partial charge is 0.339 e. The fourth-order valence-electron chi connectivity index (χ4n) is 2.36. The van der Waals surface area contributed by atoms with Crippen LogP contribution in [0.3, 0.4) is 0 Å². The fraction of sp³-hybridized carbons (Fsp3) is 0.294. The monoisotopic (exact) mass is 301 g/mol. The van der Waals surface area contributed by atoms with E-state index < -0.39 is 5.97 Å². The van der Waals surface area contributed by atoms with Gasteiger partial charge in [-0.25, -0.2) is 4.79 Å². The summed E-state index contributed by atoms with van der Waals surface area (Å²) < 4.78 is 5.41. The lowest BCUT2D eigenvalue weighted by Gasteiger charge is -2.20. The molecule has 1 atom stereocenters. The van der Waals surface area contributed by atoms with Crippen LogP contribution in [0.1, 0.15) is 40.3 Å². The molecule has 0 spiro atoms. The predicted molar refractivity (Wildman–Crippen MR) is 81.7 cm³/mol. The molecule has 2 rings (SSSR count). The number of aromatic carboxylic acids is 1. The van der Waals surface area contributed by atoms with Crippen LogP contribution in [-0.2, 0) is 11.3 Å². The SMILES string of the molecule is Cc1oc(CN(C)C(=O)[C@H](C)c2ccccc2)cc1C(=O)O. The molecule has 0 saturated heterocycles. The first-order valence-corrected chi connectivity index (χ1v) is 7.02. The Balaban J connectivity index is 2.08. The highest BCUT2D eigenvalue weighted by molar-refractivity contribution is 5.89. The Morgan fingerprint density at radius 3 is 2.45 bits per heavy atom. The number of nitrogens with zero attached hydrogens (tertiary/aromatic N) is 1. The van der Waals surface area contributed by atoms with Crippen molar-refractivity contribution in [3.05, 3.63) is 59.0 Å². The van der Waals surface area contributed by atoms with Gasteiger partial charge in [-0.15, -0.1) is 0 Å². The van der Waals surface area contributed by atoms with E-state index in [0.29, 0.717) is 11.5 Å². The Labute approximate surface area is 129 Å². The number of carbonyl (C=O) groups is 2. The predicted octanol–water partition coefficient (Wildman–Crippen LogP) is 3.05. The lowest BCUT2D eigenvalue weighted by Crippen LogP contribution is -2.30. The summed E-state index contributed by atoms with van der Waals surface area (Å²) in [5, 5.41) is 9.02. The van der Waals surface area contributed by atoms with E-state index in [-0.39, 0.29) is 23.9 Å². The average Bonchev–Trinajstić information content (AvgIpc) is 2.87. The molecule has 0 saturated carbocycles. The molecule has 0 radical (unpaired) electrons. The van der Waals surface area contributed by atoms with E-state index in [1.807, 2.05) is 37.3 Å². The highest BCUT2D eigenvalue weighted by Gasteiger charge is 2.21. The molecule has 5 nitrogen and oxygen atoms in total. The van der Waals surface area contributed by atoms with Crippen LogP contribution in [0, 0.1) is 6.92 Å². The molecule has 1 aromatic heterocycles. The Hall–Kier alpha value is -2.56. The van der Waals surface area contributed by atoms with Crippen LogP contribution in [0.4, 0.5) is 0 Å². The highest BCUT2D eigenvalue weighted by atomic mass is 16.4. The molecule has 0 aliphatic heterocycles. The van der Waals surface area contributed by atoms with E-state index in [4.69, 9.17) is 9.52 Å². The second-order valence-electron chi connectivity index (χ2n) is 5.31. The zero-order chi connectivity index (χ0) is 16.3. The number of aryl methyl sites for hydroxylation is 1. The van der Waals surface area contributed by atoms with Crippen LogP contribution in [0.2, 0.25) is 0 Å². The summed E-state index contributed by atoms with van der Waals surface area (Å²) in [6.07, 6.45) is 0. The number of carbonyl (C=O) groups excluding carboxylic acids is 1. The Morgan fingerprint density at radius 1 is 1.27 bits per heavy atom. The third-order valence-corrected chi connectivity index (χ3v) is 3.64. The number of hydrogen-bond donors (Lipinski definition) is 1. The number of amides is 1. The molecule has 1 N–H and O–H groups in total. The lowest BCUT2D eigenvalue weighted by atomic mass is 10.00. The van der Waals surface area contributed by atoms with Crippen molar-refractivity contribution in [2.75, 3.05) is 7.05 Å². The quantitative estimate of drug-likeness (QED) is 0.921. The number of furan rings is 1. The van der Waals surface area contributed by atoms with E-state index >= 15 is 0 Å². The molecular formula is C17H19NO4. The maximum atomic E-state index is 12.4. The molecule has 0 aliphatic rings. The summed E-state index contributed by atoms with van der Waals surface area (Å²) >= 11 is 0. The maximum Gasteiger partial charge on any atom is 0.339 e. The van der Waals surface area contributed by atoms with Gasteiger partial charge < -0.3 is 14.4 Å². The number of carboxylic acid groups (broad SMARTS) is 1. The van der Waals surface area contributed by atoms with Gasteiger partial charge in [-0.2, -0.15) is 0 Å². The number of carboxylic acids is 1. The van der Waals surface area contributed by atoms with Gasteiger partial charge in [0.1, 0.15) is 17.1 Å². The number of likely N-dealkylation sites (N-methyl/N-ethyl adjacent to an activating group) is 1. The molecule has 22 heavy (non-hydrogen) atoms. The van der Waals surface area contributed by atoms with Gasteiger partial charge in [0.2, 0.25) is 5.91 Å². The molecule has 1 amide bonds. The van der Waals surface area contributed by atoms with Crippen molar-refractivity contribution in [3.63, 3.8) is 0 Å². The van der Waals surface area contributed by atoms with Gasteiger partial charge >= 0.3 is 5.97 Å². The van der Waals surface area contributed by atoms with Crippen molar-refractivity contribution in [1.29, 1.82) is 0 Å². The molecule has 0 fully saturated rings. The van der Waals surface area contributed by atoms with Crippen LogP contribution in [-0.4, -0.2) is 28.9 Å². The Morgan fingerprint density at radius 2 is 1.91 bits per heavy atom. The topological polar surface area (TPSA) is 70.8 Å². The molecule has 0 aliphatic carbocycles. The van der Waals surface area contributed by atoms with Crippen LogP contribution < -0.4 is 0 Å². The van der Waals surface area contributed by atoms with Crippen molar-refractivity contribution in [2.24, 2.45) is 0 Å². The largest absolute Gasteiger partial charge is 0.478 e. The zero-order valence-corrected chi connectivity index (χ0v) is 12.9. The standard InChI is InChI=1S/C17H19NO4/c1-11(13-7-5-4-6-8-13)16(19)18(3)10-14-9-15(17(20)21)12(2)22-14/h4-9,11H,10H2,1-3H3,(H,20,21)/t11-/m1/s1. The van der Waals surface area contributed by atoms with E-state index in [2.05, 4.69) is 0 Å².